The van der Waals surface area contributed by atoms with Gasteiger partial charge in [0.2, 0.25) is 0 Å². The molecule has 0 spiro atoms. The van der Waals surface area contributed by atoms with E-state index in [1.165, 1.54) is 27.6 Å². The molecule has 0 fully saturated rings. The SMILES string of the molecule is COC=C(C(=O)OC)c1ccccc1CON=C(C)C(=NOC)c1ccc(Oc2cccc(Cl)c2)cc1. The zero-order chi connectivity index (χ0) is 26.6. The average Bonchev–Trinajstić information content (AvgIpc) is 2.91. The fourth-order valence-corrected chi connectivity index (χ4v) is 3.55. The van der Waals surface area contributed by atoms with E-state index in [2.05, 4.69) is 10.3 Å². The number of benzene rings is 3. The first kappa shape index (κ1) is 27.3. The molecule has 37 heavy (non-hydrogen) atoms. The van der Waals surface area contributed by atoms with Gasteiger partial charge in [-0.15, -0.1) is 0 Å². The number of carbonyl (C=O) groups is 1. The van der Waals surface area contributed by atoms with E-state index in [-0.39, 0.29) is 12.2 Å². The molecule has 0 saturated heterocycles. The highest BCUT2D eigenvalue weighted by Crippen LogP contribution is 2.25. The lowest BCUT2D eigenvalue weighted by Gasteiger charge is -2.11. The van der Waals surface area contributed by atoms with E-state index in [4.69, 9.17) is 35.5 Å². The maximum Gasteiger partial charge on any atom is 0.341 e. The van der Waals surface area contributed by atoms with Gasteiger partial charge < -0.3 is 23.9 Å². The fraction of sp³-hybridized carbons (Fsp3) is 0.179. The number of esters is 1. The third-order valence-electron chi connectivity index (χ3n) is 5.05. The molecule has 0 amide bonds. The van der Waals surface area contributed by atoms with Crippen LogP contribution >= 0.6 is 11.6 Å². The minimum Gasteiger partial charge on any atom is -0.503 e. The molecular weight excluding hydrogens is 496 g/mol. The number of ether oxygens (including phenoxy) is 3. The van der Waals surface area contributed by atoms with Gasteiger partial charge in [-0.25, -0.2) is 4.79 Å². The molecule has 0 aliphatic rings. The molecule has 0 bridgehead atoms. The molecule has 3 rings (SSSR count). The Balaban J connectivity index is 1.75. The minimum atomic E-state index is -0.522. The van der Waals surface area contributed by atoms with Crippen molar-refractivity contribution in [2.45, 2.75) is 13.5 Å². The van der Waals surface area contributed by atoms with Gasteiger partial charge in [0, 0.05) is 16.1 Å². The van der Waals surface area contributed by atoms with E-state index in [0.717, 1.165) is 11.1 Å². The van der Waals surface area contributed by atoms with Crippen molar-refractivity contribution in [2.75, 3.05) is 21.3 Å². The highest BCUT2D eigenvalue weighted by Gasteiger charge is 2.17. The number of methoxy groups -OCH3 is 2. The molecule has 0 unspecified atom stereocenters. The number of oxime groups is 2. The van der Waals surface area contributed by atoms with Crippen molar-refractivity contribution in [3.8, 4) is 11.5 Å². The summed E-state index contributed by atoms with van der Waals surface area (Å²) in [6.45, 7) is 1.85. The molecule has 192 valence electrons. The number of hydrogen-bond acceptors (Lipinski definition) is 8. The summed E-state index contributed by atoms with van der Waals surface area (Å²) in [5, 5.41) is 8.92. The second-order valence-electron chi connectivity index (χ2n) is 7.57. The van der Waals surface area contributed by atoms with Crippen molar-refractivity contribution < 1.29 is 28.7 Å². The molecule has 0 aliphatic heterocycles. The van der Waals surface area contributed by atoms with Crippen LogP contribution in [0.5, 0.6) is 11.5 Å². The number of carbonyl (C=O) groups excluding carboxylic acids is 1. The van der Waals surface area contributed by atoms with Crippen molar-refractivity contribution in [3.63, 3.8) is 0 Å². The maximum absolute atomic E-state index is 12.2. The van der Waals surface area contributed by atoms with Crippen LogP contribution in [0.4, 0.5) is 0 Å². The van der Waals surface area contributed by atoms with Crippen molar-refractivity contribution in [1.29, 1.82) is 0 Å². The summed E-state index contributed by atoms with van der Waals surface area (Å²) in [5.74, 6) is 0.746. The highest BCUT2D eigenvalue weighted by molar-refractivity contribution is 6.47. The van der Waals surface area contributed by atoms with Crippen molar-refractivity contribution >= 4 is 34.6 Å². The first-order valence-corrected chi connectivity index (χ1v) is 11.6. The first-order chi connectivity index (χ1) is 18.0. The van der Waals surface area contributed by atoms with Crippen molar-refractivity contribution in [1.82, 2.24) is 0 Å². The van der Waals surface area contributed by atoms with Crippen LogP contribution in [0.2, 0.25) is 5.02 Å². The fourth-order valence-electron chi connectivity index (χ4n) is 3.37. The smallest absolute Gasteiger partial charge is 0.341 e. The Morgan fingerprint density at radius 3 is 2.35 bits per heavy atom. The van der Waals surface area contributed by atoms with Gasteiger partial charge in [0.1, 0.15) is 42.2 Å². The Morgan fingerprint density at radius 1 is 0.919 bits per heavy atom. The van der Waals surface area contributed by atoms with Gasteiger partial charge in [0.15, 0.2) is 0 Å². The summed E-state index contributed by atoms with van der Waals surface area (Å²) in [4.78, 5) is 22.9. The van der Waals surface area contributed by atoms with Gasteiger partial charge in [0.25, 0.3) is 0 Å². The lowest BCUT2D eigenvalue weighted by atomic mass is 10.0. The standard InChI is InChI=1S/C28H27ClN2O6/c1-19(30-36-17-21-8-5-6-11-25(21)26(18-33-2)28(32)34-3)27(31-35-4)20-12-14-23(15-13-20)37-24-10-7-9-22(29)16-24/h5-16,18H,17H2,1-4H3. The molecule has 3 aromatic rings. The topological polar surface area (TPSA) is 87.9 Å². The van der Waals surface area contributed by atoms with E-state index in [0.29, 0.717) is 33.5 Å². The zero-order valence-electron chi connectivity index (χ0n) is 20.9. The monoisotopic (exact) mass is 522 g/mol. The van der Waals surface area contributed by atoms with Crippen LogP contribution in [-0.4, -0.2) is 38.7 Å². The molecule has 8 nitrogen and oxygen atoms in total. The van der Waals surface area contributed by atoms with Crippen LogP contribution < -0.4 is 4.74 Å². The second kappa shape index (κ2) is 13.7. The Hall–Kier alpha value is -4.30. The Morgan fingerprint density at radius 2 is 1.68 bits per heavy atom. The summed E-state index contributed by atoms with van der Waals surface area (Å²) in [6.07, 6.45) is 1.34. The number of halogens is 1. The third kappa shape index (κ3) is 7.59. The van der Waals surface area contributed by atoms with E-state index in [1.807, 2.05) is 54.6 Å². The van der Waals surface area contributed by atoms with Crippen LogP contribution in [-0.2, 0) is 30.6 Å². The van der Waals surface area contributed by atoms with Gasteiger partial charge in [-0.2, -0.15) is 0 Å². The normalized spacial score (nSPS) is 12.1. The molecule has 9 heteroatoms. The van der Waals surface area contributed by atoms with E-state index < -0.39 is 5.97 Å². The van der Waals surface area contributed by atoms with Crippen molar-refractivity contribution in [3.05, 3.63) is 101 Å². The van der Waals surface area contributed by atoms with E-state index >= 15 is 0 Å². The van der Waals surface area contributed by atoms with Crippen LogP contribution in [0.25, 0.3) is 5.57 Å². The maximum atomic E-state index is 12.2. The summed E-state index contributed by atoms with van der Waals surface area (Å²) in [6, 6.07) is 21.7. The largest absolute Gasteiger partial charge is 0.503 e. The Kier molecular flexibility index (Phi) is 10.1. The van der Waals surface area contributed by atoms with Crippen LogP contribution in [0.1, 0.15) is 23.6 Å². The third-order valence-corrected chi connectivity index (χ3v) is 5.29. The Bertz CT molecular complexity index is 1300. The van der Waals surface area contributed by atoms with Crippen molar-refractivity contribution in [2.24, 2.45) is 10.3 Å². The van der Waals surface area contributed by atoms with E-state index in [9.17, 15) is 4.79 Å². The lowest BCUT2D eigenvalue weighted by molar-refractivity contribution is -0.133. The predicted octanol–water partition coefficient (Wildman–Crippen LogP) is 6.24. The molecule has 0 saturated carbocycles. The number of rotatable bonds is 11. The molecule has 0 atom stereocenters. The molecule has 0 radical (unpaired) electrons. The molecule has 3 aromatic carbocycles. The highest BCUT2D eigenvalue weighted by atomic mass is 35.5. The van der Waals surface area contributed by atoms with Crippen LogP contribution in [0.15, 0.2) is 89.4 Å². The minimum absolute atomic E-state index is 0.0955. The van der Waals surface area contributed by atoms with Gasteiger partial charge in [-0.3, -0.25) is 0 Å². The van der Waals surface area contributed by atoms with Gasteiger partial charge >= 0.3 is 5.97 Å². The Labute approximate surface area is 220 Å². The molecule has 0 aliphatic carbocycles. The zero-order valence-corrected chi connectivity index (χ0v) is 21.7. The van der Waals surface area contributed by atoms with Gasteiger partial charge in [-0.1, -0.05) is 52.2 Å². The molecule has 0 N–H and O–H groups in total. The van der Waals surface area contributed by atoms with Gasteiger partial charge in [-0.05, 0) is 55.0 Å². The van der Waals surface area contributed by atoms with Crippen LogP contribution in [0.3, 0.4) is 0 Å². The number of nitrogens with zero attached hydrogens (tertiary/aromatic N) is 2. The quantitative estimate of drug-likeness (QED) is 0.0974. The number of hydrogen-bond donors (Lipinski definition) is 0. The van der Waals surface area contributed by atoms with Gasteiger partial charge in [0.05, 0.1) is 20.5 Å². The summed E-state index contributed by atoms with van der Waals surface area (Å²) in [7, 11) is 4.23. The summed E-state index contributed by atoms with van der Waals surface area (Å²) >= 11 is 6.02. The average molecular weight is 523 g/mol. The molecule has 0 heterocycles. The van der Waals surface area contributed by atoms with Crippen LogP contribution in [0, 0.1) is 0 Å². The lowest BCUT2D eigenvalue weighted by Crippen LogP contribution is -2.13. The van der Waals surface area contributed by atoms with E-state index in [1.54, 1.807) is 25.1 Å². The molecular formula is C28H27ClN2O6. The second-order valence-corrected chi connectivity index (χ2v) is 8.01. The summed E-state index contributed by atoms with van der Waals surface area (Å²) < 4.78 is 15.8. The predicted molar refractivity (Wildman–Crippen MR) is 143 cm³/mol. The first-order valence-electron chi connectivity index (χ1n) is 11.2. The molecule has 0 aromatic heterocycles. The summed E-state index contributed by atoms with van der Waals surface area (Å²) in [5.41, 5.74) is 3.34.